The third-order valence-corrected chi connectivity index (χ3v) is 4.38. The van der Waals surface area contributed by atoms with E-state index in [2.05, 4.69) is 26.1 Å². The largest absolute Gasteiger partial charge is 0.344 e. The van der Waals surface area contributed by atoms with E-state index in [0.29, 0.717) is 12.3 Å². The smallest absolute Gasteiger partial charge is 0.245 e. The van der Waals surface area contributed by atoms with Crippen LogP contribution in [-0.2, 0) is 9.59 Å². The third-order valence-electron chi connectivity index (χ3n) is 4.38. The standard InChI is InChI=1S/C16H30N2O2/c1-6-8-11(3)10-18-13(5)9-14(19)17-15(16(18)20)12(4)7-2/h11-13,15H,6-10H2,1-5H3,(H,17,19). The molecule has 116 valence electrons. The molecule has 0 aliphatic carbocycles. The van der Waals surface area contributed by atoms with Crippen molar-refractivity contribution in [1.82, 2.24) is 10.2 Å². The zero-order valence-electron chi connectivity index (χ0n) is 13.6. The van der Waals surface area contributed by atoms with Crippen LogP contribution in [0.2, 0.25) is 0 Å². The van der Waals surface area contributed by atoms with Crippen molar-refractivity contribution in [3.8, 4) is 0 Å². The van der Waals surface area contributed by atoms with E-state index in [9.17, 15) is 9.59 Å². The molecule has 4 heteroatoms. The van der Waals surface area contributed by atoms with Gasteiger partial charge in [-0.25, -0.2) is 0 Å². The molecule has 4 unspecified atom stereocenters. The lowest BCUT2D eigenvalue weighted by Gasteiger charge is -2.32. The summed E-state index contributed by atoms with van der Waals surface area (Å²) in [5.74, 6) is 0.764. The minimum absolute atomic E-state index is 0.00166. The van der Waals surface area contributed by atoms with Gasteiger partial charge in [0.05, 0.1) is 0 Å². The van der Waals surface area contributed by atoms with Gasteiger partial charge >= 0.3 is 0 Å². The van der Waals surface area contributed by atoms with Gasteiger partial charge in [0.25, 0.3) is 0 Å². The molecule has 1 aliphatic rings. The van der Waals surface area contributed by atoms with Crippen LogP contribution in [0.15, 0.2) is 0 Å². The second-order valence-electron chi connectivity index (χ2n) is 6.37. The van der Waals surface area contributed by atoms with Crippen molar-refractivity contribution in [1.29, 1.82) is 0 Å². The van der Waals surface area contributed by atoms with Gasteiger partial charge in [-0.05, 0) is 25.2 Å². The first-order valence-electron chi connectivity index (χ1n) is 8.00. The zero-order valence-corrected chi connectivity index (χ0v) is 13.6. The van der Waals surface area contributed by atoms with Gasteiger partial charge in [-0.3, -0.25) is 9.59 Å². The predicted molar refractivity (Wildman–Crippen MR) is 81.2 cm³/mol. The molecule has 4 atom stereocenters. The fourth-order valence-corrected chi connectivity index (χ4v) is 2.88. The van der Waals surface area contributed by atoms with E-state index >= 15 is 0 Å². The molecule has 1 rings (SSSR count). The van der Waals surface area contributed by atoms with Gasteiger partial charge < -0.3 is 10.2 Å². The number of amides is 2. The highest BCUT2D eigenvalue weighted by atomic mass is 16.2. The average Bonchev–Trinajstić information content (AvgIpc) is 2.49. The molecule has 0 aromatic heterocycles. The Labute approximate surface area is 123 Å². The van der Waals surface area contributed by atoms with Gasteiger partial charge in [0.1, 0.15) is 6.04 Å². The van der Waals surface area contributed by atoms with E-state index in [4.69, 9.17) is 0 Å². The van der Waals surface area contributed by atoms with E-state index in [0.717, 1.165) is 25.8 Å². The van der Waals surface area contributed by atoms with Crippen LogP contribution in [-0.4, -0.2) is 35.3 Å². The molecule has 1 N–H and O–H groups in total. The molecule has 0 radical (unpaired) electrons. The van der Waals surface area contributed by atoms with Gasteiger partial charge in [0.15, 0.2) is 0 Å². The first-order chi connectivity index (χ1) is 9.40. The topological polar surface area (TPSA) is 49.4 Å². The summed E-state index contributed by atoms with van der Waals surface area (Å²) >= 11 is 0. The SMILES string of the molecule is CCCC(C)CN1C(=O)C(C(C)CC)NC(=O)CC1C. The van der Waals surface area contributed by atoms with Crippen molar-refractivity contribution in [2.75, 3.05) is 6.54 Å². The number of carbonyl (C=O) groups is 2. The Balaban J connectivity index is 2.88. The zero-order chi connectivity index (χ0) is 15.3. The number of hydrogen-bond donors (Lipinski definition) is 1. The molecular weight excluding hydrogens is 252 g/mol. The number of nitrogens with one attached hydrogen (secondary N) is 1. The quantitative estimate of drug-likeness (QED) is 0.814. The Hall–Kier alpha value is -1.06. The predicted octanol–water partition coefficient (Wildman–Crippen LogP) is 2.57. The number of rotatable bonds is 6. The lowest BCUT2D eigenvalue weighted by molar-refractivity contribution is -0.136. The molecule has 1 saturated heterocycles. The van der Waals surface area contributed by atoms with Gasteiger partial charge in [-0.15, -0.1) is 0 Å². The van der Waals surface area contributed by atoms with Crippen molar-refractivity contribution in [3.05, 3.63) is 0 Å². The summed E-state index contributed by atoms with van der Waals surface area (Å²) in [6.07, 6.45) is 3.55. The van der Waals surface area contributed by atoms with Crippen LogP contribution in [0.5, 0.6) is 0 Å². The molecule has 0 saturated carbocycles. The van der Waals surface area contributed by atoms with Gasteiger partial charge in [-0.2, -0.15) is 0 Å². The maximum Gasteiger partial charge on any atom is 0.245 e. The third kappa shape index (κ3) is 4.22. The molecule has 4 nitrogen and oxygen atoms in total. The van der Waals surface area contributed by atoms with Crippen molar-refractivity contribution in [2.24, 2.45) is 11.8 Å². The highest BCUT2D eigenvalue weighted by Gasteiger charge is 2.36. The van der Waals surface area contributed by atoms with Crippen LogP contribution >= 0.6 is 0 Å². The second-order valence-corrected chi connectivity index (χ2v) is 6.37. The van der Waals surface area contributed by atoms with Crippen LogP contribution < -0.4 is 5.32 Å². The Morgan fingerprint density at radius 1 is 1.30 bits per heavy atom. The number of nitrogens with zero attached hydrogens (tertiary/aromatic N) is 1. The summed E-state index contributed by atoms with van der Waals surface area (Å²) < 4.78 is 0. The first-order valence-corrected chi connectivity index (χ1v) is 8.00. The first kappa shape index (κ1) is 17.0. The molecule has 2 amide bonds. The molecule has 0 bridgehead atoms. The fourth-order valence-electron chi connectivity index (χ4n) is 2.88. The molecular formula is C16H30N2O2. The summed E-state index contributed by atoms with van der Waals surface area (Å²) in [4.78, 5) is 26.6. The molecule has 1 fully saturated rings. The van der Waals surface area contributed by atoms with E-state index < -0.39 is 0 Å². The van der Waals surface area contributed by atoms with Crippen molar-refractivity contribution in [2.45, 2.75) is 72.4 Å². The molecule has 1 heterocycles. The molecule has 1 aliphatic heterocycles. The van der Waals surface area contributed by atoms with Crippen molar-refractivity contribution in [3.63, 3.8) is 0 Å². The van der Waals surface area contributed by atoms with E-state index in [1.54, 1.807) is 0 Å². The summed E-state index contributed by atoms with van der Waals surface area (Å²) in [5, 5.41) is 2.91. The molecule has 0 aromatic rings. The Kier molecular flexibility index (Phi) is 6.50. The second kappa shape index (κ2) is 7.65. The Bertz CT molecular complexity index is 343. The monoisotopic (exact) mass is 282 g/mol. The molecule has 20 heavy (non-hydrogen) atoms. The summed E-state index contributed by atoms with van der Waals surface area (Å²) in [7, 11) is 0. The number of carbonyl (C=O) groups excluding carboxylic acids is 2. The minimum Gasteiger partial charge on any atom is -0.344 e. The minimum atomic E-state index is -0.355. The van der Waals surface area contributed by atoms with Gasteiger partial charge in [-0.1, -0.05) is 40.5 Å². The van der Waals surface area contributed by atoms with E-state index in [1.807, 2.05) is 18.7 Å². The Morgan fingerprint density at radius 3 is 2.50 bits per heavy atom. The van der Waals surface area contributed by atoms with Crippen LogP contribution in [0, 0.1) is 11.8 Å². The highest BCUT2D eigenvalue weighted by Crippen LogP contribution is 2.20. The summed E-state index contributed by atoms with van der Waals surface area (Å²) in [6, 6.07) is -0.359. The van der Waals surface area contributed by atoms with E-state index in [-0.39, 0.29) is 29.8 Å². The lowest BCUT2D eigenvalue weighted by Crippen LogP contribution is -2.50. The maximum atomic E-state index is 12.8. The van der Waals surface area contributed by atoms with Gasteiger partial charge in [0.2, 0.25) is 11.8 Å². The van der Waals surface area contributed by atoms with E-state index in [1.165, 1.54) is 0 Å². The van der Waals surface area contributed by atoms with Crippen LogP contribution in [0.4, 0.5) is 0 Å². The van der Waals surface area contributed by atoms with Crippen molar-refractivity contribution < 1.29 is 9.59 Å². The van der Waals surface area contributed by atoms with Crippen LogP contribution in [0.3, 0.4) is 0 Å². The van der Waals surface area contributed by atoms with Crippen LogP contribution in [0.25, 0.3) is 0 Å². The average molecular weight is 282 g/mol. The molecule has 0 aromatic carbocycles. The fraction of sp³-hybridized carbons (Fsp3) is 0.875. The molecule has 0 spiro atoms. The van der Waals surface area contributed by atoms with Gasteiger partial charge in [0, 0.05) is 19.0 Å². The maximum absolute atomic E-state index is 12.8. The summed E-state index contributed by atoms with van der Waals surface area (Å²) in [5.41, 5.74) is 0. The normalized spacial score (nSPS) is 26.9. The van der Waals surface area contributed by atoms with Crippen molar-refractivity contribution >= 4 is 11.8 Å². The Morgan fingerprint density at radius 2 is 1.95 bits per heavy atom. The highest BCUT2D eigenvalue weighted by molar-refractivity contribution is 5.90. The lowest BCUT2D eigenvalue weighted by atomic mass is 9.97. The summed E-state index contributed by atoms with van der Waals surface area (Å²) in [6.45, 7) is 11.2. The van der Waals surface area contributed by atoms with Crippen LogP contribution in [0.1, 0.15) is 60.3 Å². The number of hydrogen-bond acceptors (Lipinski definition) is 2.